The summed E-state index contributed by atoms with van der Waals surface area (Å²) in [5.41, 5.74) is 0.341. The number of para-hydroxylation sites is 1. The summed E-state index contributed by atoms with van der Waals surface area (Å²) in [6.07, 6.45) is 6.17. The second-order valence-electron chi connectivity index (χ2n) is 8.72. The fourth-order valence-electron chi connectivity index (χ4n) is 4.63. The fraction of sp³-hybridized carbons (Fsp3) is 0.360. The Balaban J connectivity index is 1.53. The van der Waals surface area contributed by atoms with Gasteiger partial charge in [0.25, 0.3) is 11.8 Å². The molecule has 8 heteroatoms. The van der Waals surface area contributed by atoms with Crippen LogP contribution in [0.3, 0.4) is 0 Å². The standard InChI is InChI=1S/C25H28N2O5S/c28-23-20(15-17-9-3-1-4-10-17)27-25(30)22(23)24(29)26-19-13-7-8-14-21(19)33(31,32)16-18-11-5-2-6-12-18/h2,5-8,11-14,17,20,28H,1,3-4,9-10,15-16H2,(H,26,29)(H,27,30). The molecule has 1 heterocycles. The lowest BCUT2D eigenvalue weighted by Gasteiger charge is -2.24. The Hall–Kier alpha value is -3.13. The summed E-state index contributed by atoms with van der Waals surface area (Å²) in [5.74, 6) is -1.56. The van der Waals surface area contributed by atoms with Crippen LogP contribution in [0.4, 0.5) is 5.69 Å². The molecule has 174 valence electrons. The Morgan fingerprint density at radius 2 is 1.67 bits per heavy atom. The molecule has 2 aliphatic rings. The molecule has 2 aromatic rings. The predicted octanol–water partition coefficient (Wildman–Crippen LogP) is 3.88. The Bertz CT molecular complexity index is 1170. The first kappa shape index (κ1) is 23.0. The van der Waals surface area contributed by atoms with Crippen molar-refractivity contribution in [2.45, 2.75) is 55.2 Å². The van der Waals surface area contributed by atoms with E-state index in [2.05, 4.69) is 10.6 Å². The molecule has 1 fully saturated rings. The van der Waals surface area contributed by atoms with E-state index in [1.807, 2.05) is 0 Å². The van der Waals surface area contributed by atoms with E-state index in [0.29, 0.717) is 17.9 Å². The Morgan fingerprint density at radius 3 is 2.39 bits per heavy atom. The number of carbonyl (C=O) groups is 2. The van der Waals surface area contributed by atoms with Crippen LogP contribution in [0.5, 0.6) is 0 Å². The summed E-state index contributed by atoms with van der Waals surface area (Å²) in [7, 11) is -3.76. The van der Waals surface area contributed by atoms with Gasteiger partial charge in [0.1, 0.15) is 11.3 Å². The minimum atomic E-state index is -3.76. The largest absolute Gasteiger partial charge is 0.509 e. The van der Waals surface area contributed by atoms with Crippen molar-refractivity contribution in [2.24, 2.45) is 5.92 Å². The van der Waals surface area contributed by atoms with Gasteiger partial charge in [-0.15, -0.1) is 0 Å². The molecular weight excluding hydrogens is 440 g/mol. The maximum absolute atomic E-state index is 13.0. The number of rotatable bonds is 7. The lowest BCUT2D eigenvalue weighted by atomic mass is 9.84. The van der Waals surface area contributed by atoms with Crippen molar-refractivity contribution < 1.29 is 23.1 Å². The van der Waals surface area contributed by atoms with Gasteiger partial charge in [0, 0.05) is 0 Å². The van der Waals surface area contributed by atoms with Crippen LogP contribution in [0.1, 0.15) is 44.1 Å². The average Bonchev–Trinajstić information content (AvgIpc) is 3.08. The number of nitrogens with one attached hydrogen (secondary N) is 2. The maximum Gasteiger partial charge on any atom is 0.264 e. The minimum absolute atomic E-state index is 0.0422. The molecule has 0 aromatic heterocycles. The van der Waals surface area contributed by atoms with Gasteiger partial charge >= 0.3 is 0 Å². The lowest BCUT2D eigenvalue weighted by molar-refractivity contribution is -0.120. The highest BCUT2D eigenvalue weighted by atomic mass is 32.2. The summed E-state index contributed by atoms with van der Waals surface area (Å²) < 4.78 is 26.1. The normalized spacial score (nSPS) is 19.4. The van der Waals surface area contributed by atoms with E-state index in [-0.39, 0.29) is 27.7 Å². The van der Waals surface area contributed by atoms with E-state index < -0.39 is 27.7 Å². The van der Waals surface area contributed by atoms with Crippen LogP contribution in [0.2, 0.25) is 0 Å². The van der Waals surface area contributed by atoms with Crippen molar-refractivity contribution >= 4 is 27.3 Å². The highest BCUT2D eigenvalue weighted by Crippen LogP contribution is 2.31. The fourth-order valence-corrected chi connectivity index (χ4v) is 6.16. The lowest BCUT2D eigenvalue weighted by Crippen LogP contribution is -2.32. The SMILES string of the molecule is O=C(Nc1ccccc1S(=O)(=O)Cc1ccccc1)C1=C(O)C(CC2CCCCC2)NC1=O. The summed E-state index contributed by atoms with van der Waals surface area (Å²) in [5, 5.41) is 15.9. The van der Waals surface area contributed by atoms with Crippen LogP contribution >= 0.6 is 0 Å². The predicted molar refractivity (Wildman–Crippen MR) is 125 cm³/mol. The van der Waals surface area contributed by atoms with E-state index >= 15 is 0 Å². The topological polar surface area (TPSA) is 113 Å². The number of hydrogen-bond donors (Lipinski definition) is 3. The number of amides is 2. The molecule has 0 radical (unpaired) electrons. The second kappa shape index (κ2) is 9.79. The zero-order chi connectivity index (χ0) is 23.4. The van der Waals surface area contributed by atoms with E-state index in [9.17, 15) is 23.1 Å². The molecule has 2 aromatic carbocycles. The first-order chi connectivity index (χ1) is 15.8. The van der Waals surface area contributed by atoms with Crippen molar-refractivity contribution in [2.75, 3.05) is 5.32 Å². The van der Waals surface area contributed by atoms with Crippen LogP contribution in [0.25, 0.3) is 0 Å². The summed E-state index contributed by atoms with van der Waals surface area (Å²) in [6, 6.07) is 14.2. The Kier molecular flexibility index (Phi) is 6.83. The molecule has 1 aliphatic carbocycles. The average molecular weight is 469 g/mol. The molecule has 33 heavy (non-hydrogen) atoms. The number of sulfone groups is 1. The van der Waals surface area contributed by atoms with Gasteiger partial charge in [-0.3, -0.25) is 9.59 Å². The van der Waals surface area contributed by atoms with Gasteiger partial charge in [-0.2, -0.15) is 0 Å². The molecule has 0 saturated heterocycles. The molecule has 1 saturated carbocycles. The van der Waals surface area contributed by atoms with E-state index in [0.717, 1.165) is 25.7 Å². The van der Waals surface area contributed by atoms with Gasteiger partial charge < -0.3 is 15.7 Å². The van der Waals surface area contributed by atoms with E-state index in [1.54, 1.807) is 42.5 Å². The van der Waals surface area contributed by atoms with Gasteiger partial charge in [0.15, 0.2) is 9.84 Å². The number of aliphatic hydroxyl groups is 1. The molecular formula is C25H28N2O5S. The van der Waals surface area contributed by atoms with Gasteiger partial charge in [0.05, 0.1) is 22.4 Å². The highest BCUT2D eigenvalue weighted by Gasteiger charge is 2.37. The third-order valence-corrected chi connectivity index (χ3v) is 8.05. The van der Waals surface area contributed by atoms with Crippen LogP contribution in [-0.4, -0.2) is 31.4 Å². The smallest absolute Gasteiger partial charge is 0.264 e. The molecule has 0 bridgehead atoms. The molecule has 7 nitrogen and oxygen atoms in total. The van der Waals surface area contributed by atoms with Crippen molar-refractivity contribution in [3.8, 4) is 0 Å². The third kappa shape index (κ3) is 5.27. The number of carbonyl (C=O) groups excluding carboxylic acids is 2. The van der Waals surface area contributed by atoms with Crippen LogP contribution in [0, 0.1) is 5.92 Å². The highest BCUT2D eigenvalue weighted by molar-refractivity contribution is 7.90. The summed E-state index contributed by atoms with van der Waals surface area (Å²) in [4.78, 5) is 25.4. The van der Waals surface area contributed by atoms with E-state index in [4.69, 9.17) is 0 Å². The zero-order valence-corrected chi connectivity index (χ0v) is 19.1. The molecule has 1 unspecified atom stereocenters. The number of aliphatic hydroxyl groups excluding tert-OH is 1. The van der Waals surface area contributed by atoms with Crippen molar-refractivity contribution in [3.05, 3.63) is 71.5 Å². The molecule has 4 rings (SSSR count). The van der Waals surface area contributed by atoms with Gasteiger partial charge in [0.2, 0.25) is 0 Å². The van der Waals surface area contributed by atoms with Gasteiger partial charge in [-0.05, 0) is 30.0 Å². The number of benzene rings is 2. The van der Waals surface area contributed by atoms with Crippen molar-refractivity contribution in [1.29, 1.82) is 0 Å². The Morgan fingerprint density at radius 1 is 1.00 bits per heavy atom. The van der Waals surface area contributed by atoms with E-state index in [1.165, 1.54) is 18.6 Å². The third-order valence-electron chi connectivity index (χ3n) is 6.31. The van der Waals surface area contributed by atoms with Crippen LogP contribution in [0.15, 0.2) is 70.8 Å². The molecule has 1 aliphatic heterocycles. The summed E-state index contributed by atoms with van der Waals surface area (Å²) in [6.45, 7) is 0. The van der Waals surface area contributed by atoms with Gasteiger partial charge in [-0.1, -0.05) is 74.6 Å². The Labute approximate surface area is 193 Å². The number of anilines is 1. The van der Waals surface area contributed by atoms with Gasteiger partial charge in [-0.25, -0.2) is 8.42 Å². The monoisotopic (exact) mass is 468 g/mol. The second-order valence-corrected chi connectivity index (χ2v) is 10.7. The quantitative estimate of drug-likeness (QED) is 0.534. The maximum atomic E-state index is 13.0. The van der Waals surface area contributed by atoms with Crippen molar-refractivity contribution in [1.82, 2.24) is 5.32 Å². The first-order valence-electron chi connectivity index (χ1n) is 11.3. The molecule has 0 spiro atoms. The number of hydrogen-bond acceptors (Lipinski definition) is 5. The zero-order valence-electron chi connectivity index (χ0n) is 18.3. The van der Waals surface area contributed by atoms with Crippen molar-refractivity contribution in [3.63, 3.8) is 0 Å². The minimum Gasteiger partial charge on any atom is -0.509 e. The molecule has 2 amide bonds. The summed E-state index contributed by atoms with van der Waals surface area (Å²) >= 11 is 0. The van der Waals surface area contributed by atoms with Crippen LogP contribution < -0.4 is 10.6 Å². The molecule has 1 atom stereocenters. The molecule has 3 N–H and O–H groups in total. The first-order valence-corrected chi connectivity index (χ1v) is 12.9. The van der Waals surface area contributed by atoms with Crippen LogP contribution in [-0.2, 0) is 25.2 Å².